The Balaban J connectivity index is 1.45. The third-order valence-corrected chi connectivity index (χ3v) is 5.82. The fourth-order valence-electron chi connectivity index (χ4n) is 3.72. The maximum Gasteiger partial charge on any atom is 0.224 e. The molecule has 1 fully saturated rings. The zero-order valence-corrected chi connectivity index (χ0v) is 17.6. The number of nitrogens with one attached hydrogen (secondary N) is 1. The van der Waals surface area contributed by atoms with Crippen LogP contribution in [0.2, 0.25) is 0 Å². The zero-order valence-electron chi connectivity index (χ0n) is 16.0. The van der Waals surface area contributed by atoms with Crippen LogP contribution in [0.1, 0.15) is 37.3 Å². The van der Waals surface area contributed by atoms with E-state index in [2.05, 4.69) is 81.6 Å². The van der Waals surface area contributed by atoms with Crippen LogP contribution in [0, 0.1) is 5.92 Å². The number of aryl methyl sites for hydroxylation is 1. The molecule has 1 N–H and O–H groups in total. The summed E-state index contributed by atoms with van der Waals surface area (Å²) < 4.78 is 1.10. The lowest BCUT2D eigenvalue weighted by atomic mass is 9.96. The fourth-order valence-corrected chi connectivity index (χ4v) is 3.99. The quantitative estimate of drug-likeness (QED) is 0.686. The molecule has 2 aromatic rings. The summed E-state index contributed by atoms with van der Waals surface area (Å²) in [6.07, 6.45) is 4.06. The van der Waals surface area contributed by atoms with Crippen molar-refractivity contribution >= 4 is 21.8 Å². The van der Waals surface area contributed by atoms with Crippen LogP contribution in [-0.4, -0.2) is 29.9 Å². The Morgan fingerprint density at radius 3 is 2.63 bits per heavy atom. The molecule has 3 rings (SSSR count). The summed E-state index contributed by atoms with van der Waals surface area (Å²) in [5.74, 6) is 0.324. The van der Waals surface area contributed by atoms with Gasteiger partial charge in [0.25, 0.3) is 0 Å². The zero-order chi connectivity index (χ0) is 19.1. The van der Waals surface area contributed by atoms with Crippen LogP contribution in [0.4, 0.5) is 0 Å². The number of carbonyl (C=O) groups is 1. The van der Waals surface area contributed by atoms with Gasteiger partial charge in [0, 0.05) is 23.6 Å². The van der Waals surface area contributed by atoms with Crippen LogP contribution in [0.15, 0.2) is 59.1 Å². The highest BCUT2D eigenvalue weighted by Crippen LogP contribution is 2.20. The molecule has 4 heteroatoms. The largest absolute Gasteiger partial charge is 0.353 e. The average molecular weight is 429 g/mol. The number of hydrogen-bond donors (Lipinski definition) is 1. The van der Waals surface area contributed by atoms with Gasteiger partial charge in [0.2, 0.25) is 5.91 Å². The van der Waals surface area contributed by atoms with Crippen molar-refractivity contribution in [3.8, 4) is 0 Å². The van der Waals surface area contributed by atoms with E-state index in [1.165, 1.54) is 11.1 Å². The molecule has 1 amide bonds. The highest BCUT2D eigenvalue weighted by molar-refractivity contribution is 9.10. The first kappa shape index (κ1) is 20.1. The van der Waals surface area contributed by atoms with Crippen LogP contribution in [0.25, 0.3) is 0 Å². The van der Waals surface area contributed by atoms with Gasteiger partial charge < -0.3 is 5.32 Å². The Morgan fingerprint density at radius 2 is 1.89 bits per heavy atom. The number of halogens is 1. The van der Waals surface area contributed by atoms with Crippen LogP contribution < -0.4 is 5.32 Å². The Morgan fingerprint density at radius 1 is 1.15 bits per heavy atom. The molecule has 0 aromatic heterocycles. The van der Waals surface area contributed by atoms with Crippen molar-refractivity contribution < 1.29 is 4.79 Å². The highest BCUT2D eigenvalue weighted by Gasteiger charge is 2.26. The van der Waals surface area contributed by atoms with Gasteiger partial charge in [-0.3, -0.25) is 9.69 Å². The monoisotopic (exact) mass is 428 g/mol. The van der Waals surface area contributed by atoms with Gasteiger partial charge >= 0.3 is 0 Å². The average Bonchev–Trinajstić information content (AvgIpc) is 2.69. The van der Waals surface area contributed by atoms with Crippen molar-refractivity contribution in [3.63, 3.8) is 0 Å². The molecular weight excluding hydrogens is 400 g/mol. The van der Waals surface area contributed by atoms with Crippen molar-refractivity contribution in [2.75, 3.05) is 13.1 Å². The molecule has 2 aromatic carbocycles. The molecule has 2 unspecified atom stereocenters. The molecule has 0 spiro atoms. The number of benzene rings is 2. The second kappa shape index (κ2) is 10.0. The van der Waals surface area contributed by atoms with Gasteiger partial charge in [0.05, 0.1) is 5.92 Å². The minimum Gasteiger partial charge on any atom is -0.353 e. The van der Waals surface area contributed by atoms with Gasteiger partial charge in [0.1, 0.15) is 0 Å². The Bertz CT molecular complexity index is 717. The molecule has 1 aliphatic heterocycles. The van der Waals surface area contributed by atoms with Crippen LogP contribution in [0.5, 0.6) is 0 Å². The van der Waals surface area contributed by atoms with E-state index in [0.29, 0.717) is 0 Å². The highest BCUT2D eigenvalue weighted by atomic mass is 79.9. The van der Waals surface area contributed by atoms with E-state index >= 15 is 0 Å². The third kappa shape index (κ3) is 6.47. The number of likely N-dealkylation sites (tertiary alicyclic amines) is 1. The minimum atomic E-state index is 0.105. The number of carbonyl (C=O) groups excluding carboxylic acids is 1. The Kier molecular flexibility index (Phi) is 7.48. The van der Waals surface area contributed by atoms with Gasteiger partial charge in [0.15, 0.2) is 0 Å². The summed E-state index contributed by atoms with van der Waals surface area (Å²) in [6.45, 7) is 4.96. The molecule has 27 heavy (non-hydrogen) atoms. The molecule has 2 atom stereocenters. The first-order valence-electron chi connectivity index (χ1n) is 9.91. The summed E-state index contributed by atoms with van der Waals surface area (Å²) in [7, 11) is 0. The standard InChI is InChI=1S/C23H29BrN2O/c1-18(9-10-19-6-3-2-4-7-19)25-23(27)21-8-5-15-26(17-21)16-20-11-13-22(24)14-12-20/h2-4,6-7,11-14,18,21H,5,8-10,15-17H2,1H3,(H,25,27). The van der Waals surface area contributed by atoms with E-state index in [1.807, 2.05) is 6.07 Å². The number of piperidine rings is 1. The van der Waals surface area contributed by atoms with Crippen molar-refractivity contribution in [2.24, 2.45) is 5.92 Å². The number of rotatable bonds is 7. The van der Waals surface area contributed by atoms with Crippen molar-refractivity contribution in [3.05, 3.63) is 70.2 Å². The van der Waals surface area contributed by atoms with Gasteiger partial charge in [-0.25, -0.2) is 0 Å². The summed E-state index contributed by atoms with van der Waals surface area (Å²) in [5, 5.41) is 3.24. The smallest absolute Gasteiger partial charge is 0.224 e. The molecule has 0 bridgehead atoms. The predicted octanol–water partition coefficient (Wildman–Crippen LogP) is 4.80. The fraction of sp³-hybridized carbons (Fsp3) is 0.435. The molecule has 1 heterocycles. The van der Waals surface area contributed by atoms with E-state index in [4.69, 9.17) is 0 Å². The predicted molar refractivity (Wildman–Crippen MR) is 115 cm³/mol. The molecular formula is C23H29BrN2O. The van der Waals surface area contributed by atoms with Crippen LogP contribution in [0.3, 0.4) is 0 Å². The van der Waals surface area contributed by atoms with Crippen molar-refractivity contribution in [2.45, 2.75) is 45.2 Å². The normalized spacial score (nSPS) is 18.8. The SMILES string of the molecule is CC(CCc1ccccc1)NC(=O)C1CCCN(Cc2ccc(Br)cc2)C1. The van der Waals surface area contributed by atoms with E-state index < -0.39 is 0 Å². The van der Waals surface area contributed by atoms with E-state index in [9.17, 15) is 4.79 Å². The van der Waals surface area contributed by atoms with Gasteiger partial charge in [-0.1, -0.05) is 58.4 Å². The molecule has 1 aliphatic rings. The lowest BCUT2D eigenvalue weighted by molar-refractivity contribution is -0.127. The molecule has 1 saturated heterocycles. The maximum atomic E-state index is 12.7. The summed E-state index contributed by atoms with van der Waals surface area (Å²) in [6, 6.07) is 19.2. The van der Waals surface area contributed by atoms with Crippen LogP contribution in [-0.2, 0) is 17.8 Å². The topological polar surface area (TPSA) is 32.3 Å². The minimum absolute atomic E-state index is 0.105. The second-order valence-corrected chi connectivity index (χ2v) is 8.55. The van der Waals surface area contributed by atoms with Gasteiger partial charge in [-0.2, -0.15) is 0 Å². The van der Waals surface area contributed by atoms with E-state index in [-0.39, 0.29) is 17.9 Å². The molecule has 0 aliphatic carbocycles. The lowest BCUT2D eigenvalue weighted by Gasteiger charge is -2.32. The number of amides is 1. The molecule has 3 nitrogen and oxygen atoms in total. The number of hydrogen-bond acceptors (Lipinski definition) is 2. The summed E-state index contributed by atoms with van der Waals surface area (Å²) in [5.41, 5.74) is 2.63. The Hall–Kier alpha value is -1.65. The lowest BCUT2D eigenvalue weighted by Crippen LogP contribution is -2.45. The van der Waals surface area contributed by atoms with Gasteiger partial charge in [-0.05, 0) is 62.4 Å². The van der Waals surface area contributed by atoms with E-state index in [1.54, 1.807) is 0 Å². The first-order chi connectivity index (χ1) is 13.1. The van der Waals surface area contributed by atoms with Crippen molar-refractivity contribution in [1.82, 2.24) is 10.2 Å². The second-order valence-electron chi connectivity index (χ2n) is 7.63. The molecule has 0 saturated carbocycles. The Labute approximate surface area is 171 Å². The first-order valence-corrected chi connectivity index (χ1v) is 10.7. The third-order valence-electron chi connectivity index (χ3n) is 5.29. The van der Waals surface area contributed by atoms with E-state index in [0.717, 1.165) is 49.8 Å². The van der Waals surface area contributed by atoms with Crippen LogP contribution >= 0.6 is 15.9 Å². The van der Waals surface area contributed by atoms with Gasteiger partial charge in [-0.15, -0.1) is 0 Å². The molecule has 0 radical (unpaired) electrons. The molecule has 144 valence electrons. The number of nitrogens with zero attached hydrogens (tertiary/aromatic N) is 1. The maximum absolute atomic E-state index is 12.7. The van der Waals surface area contributed by atoms with Crippen molar-refractivity contribution in [1.29, 1.82) is 0 Å². The summed E-state index contributed by atoms with van der Waals surface area (Å²) in [4.78, 5) is 15.1. The summed E-state index contributed by atoms with van der Waals surface area (Å²) >= 11 is 3.48.